The van der Waals surface area contributed by atoms with Gasteiger partial charge in [0, 0.05) is 35.9 Å². The number of para-hydroxylation sites is 2. The van der Waals surface area contributed by atoms with Crippen molar-refractivity contribution >= 4 is 22.6 Å². The first-order valence-electron chi connectivity index (χ1n) is 11.0. The summed E-state index contributed by atoms with van der Waals surface area (Å²) in [4.78, 5) is 18.3. The molecular weight excluding hydrogens is 384 g/mol. The number of nitrogens with zero attached hydrogens (tertiary/aromatic N) is 2. The maximum atomic E-state index is 13.3. The van der Waals surface area contributed by atoms with Crippen molar-refractivity contribution in [1.82, 2.24) is 9.88 Å². The Kier molecular flexibility index (Phi) is 7.36. The summed E-state index contributed by atoms with van der Waals surface area (Å²) in [7, 11) is 0. The fraction of sp³-hybridized carbons (Fsp3) is 0.385. The van der Waals surface area contributed by atoms with Crippen molar-refractivity contribution in [3.8, 4) is 6.07 Å². The summed E-state index contributed by atoms with van der Waals surface area (Å²) in [6, 6.07) is 16.4. The van der Waals surface area contributed by atoms with Gasteiger partial charge in [-0.25, -0.2) is 4.79 Å². The van der Waals surface area contributed by atoms with Crippen molar-refractivity contribution in [1.29, 1.82) is 5.26 Å². The quantitative estimate of drug-likeness (QED) is 0.446. The minimum absolute atomic E-state index is 0.148. The monoisotopic (exact) mass is 416 g/mol. The van der Waals surface area contributed by atoms with E-state index in [0.717, 1.165) is 28.8 Å². The molecule has 0 saturated carbocycles. The maximum absolute atomic E-state index is 13.3. The van der Waals surface area contributed by atoms with Gasteiger partial charge in [0.2, 0.25) is 0 Å². The number of anilines is 1. The van der Waals surface area contributed by atoms with E-state index in [2.05, 4.69) is 74.4 Å². The number of amides is 2. The van der Waals surface area contributed by atoms with Crippen LogP contribution in [0.5, 0.6) is 0 Å². The van der Waals surface area contributed by atoms with E-state index < -0.39 is 0 Å². The van der Waals surface area contributed by atoms with Crippen LogP contribution in [-0.4, -0.2) is 29.0 Å². The van der Waals surface area contributed by atoms with Gasteiger partial charge in [0.25, 0.3) is 0 Å². The lowest BCUT2D eigenvalue weighted by atomic mass is 9.93. The van der Waals surface area contributed by atoms with E-state index in [0.29, 0.717) is 31.3 Å². The number of aromatic amines is 1. The Hall–Kier alpha value is -3.26. The summed E-state index contributed by atoms with van der Waals surface area (Å²) in [6.45, 7) is 9.51. The third kappa shape index (κ3) is 5.27. The van der Waals surface area contributed by atoms with Gasteiger partial charge >= 0.3 is 6.03 Å². The molecule has 2 amide bonds. The van der Waals surface area contributed by atoms with Gasteiger partial charge in [0.15, 0.2) is 0 Å². The number of carbonyl (C=O) groups is 1. The van der Waals surface area contributed by atoms with Crippen LogP contribution in [0.25, 0.3) is 10.9 Å². The Morgan fingerprint density at radius 1 is 1.03 bits per heavy atom. The van der Waals surface area contributed by atoms with Gasteiger partial charge in [-0.3, -0.25) is 0 Å². The van der Waals surface area contributed by atoms with Crippen LogP contribution in [0.3, 0.4) is 0 Å². The molecule has 3 aromatic rings. The third-order valence-electron chi connectivity index (χ3n) is 5.71. The van der Waals surface area contributed by atoms with E-state index in [1.807, 2.05) is 18.3 Å². The third-order valence-corrected chi connectivity index (χ3v) is 5.71. The van der Waals surface area contributed by atoms with Crippen LogP contribution >= 0.6 is 0 Å². The van der Waals surface area contributed by atoms with Crippen LogP contribution in [0.1, 0.15) is 62.6 Å². The highest BCUT2D eigenvalue weighted by Crippen LogP contribution is 2.32. The molecule has 162 valence electrons. The van der Waals surface area contributed by atoms with E-state index >= 15 is 0 Å². The fourth-order valence-corrected chi connectivity index (χ4v) is 3.98. The van der Waals surface area contributed by atoms with Gasteiger partial charge in [-0.05, 0) is 41.0 Å². The van der Waals surface area contributed by atoms with Crippen molar-refractivity contribution in [2.45, 2.75) is 52.4 Å². The number of hydrogen-bond acceptors (Lipinski definition) is 2. The first-order chi connectivity index (χ1) is 14.9. The first-order valence-corrected chi connectivity index (χ1v) is 11.0. The first kappa shape index (κ1) is 22.4. The Morgan fingerprint density at radius 3 is 2.35 bits per heavy atom. The molecule has 0 atom stereocenters. The number of hydrogen-bond donors (Lipinski definition) is 2. The highest BCUT2D eigenvalue weighted by atomic mass is 16.2. The van der Waals surface area contributed by atoms with Gasteiger partial charge in [0.05, 0.1) is 12.5 Å². The number of nitriles is 1. The van der Waals surface area contributed by atoms with Crippen LogP contribution in [-0.2, 0) is 6.42 Å². The predicted octanol–water partition coefficient (Wildman–Crippen LogP) is 6.40. The molecule has 0 aliphatic rings. The Labute approximate surface area is 185 Å². The van der Waals surface area contributed by atoms with Gasteiger partial charge in [-0.1, -0.05) is 64.1 Å². The Morgan fingerprint density at radius 2 is 1.71 bits per heavy atom. The molecule has 2 aromatic carbocycles. The van der Waals surface area contributed by atoms with Gasteiger partial charge in [-0.15, -0.1) is 0 Å². The normalized spacial score (nSPS) is 11.1. The summed E-state index contributed by atoms with van der Waals surface area (Å²) < 4.78 is 0. The molecular formula is C26H32N4O. The lowest BCUT2D eigenvalue weighted by molar-refractivity contribution is 0.213. The molecule has 0 fully saturated rings. The lowest BCUT2D eigenvalue weighted by Crippen LogP contribution is -2.37. The van der Waals surface area contributed by atoms with Crippen LogP contribution in [0.4, 0.5) is 10.5 Å². The van der Waals surface area contributed by atoms with E-state index in [4.69, 9.17) is 5.26 Å². The average Bonchev–Trinajstić information content (AvgIpc) is 3.16. The predicted molar refractivity (Wildman–Crippen MR) is 127 cm³/mol. The van der Waals surface area contributed by atoms with Crippen molar-refractivity contribution in [2.75, 3.05) is 18.4 Å². The number of H-pyrrole nitrogens is 1. The molecule has 2 N–H and O–H groups in total. The molecule has 0 unspecified atom stereocenters. The van der Waals surface area contributed by atoms with Crippen molar-refractivity contribution in [2.24, 2.45) is 0 Å². The van der Waals surface area contributed by atoms with Crippen molar-refractivity contribution < 1.29 is 4.79 Å². The van der Waals surface area contributed by atoms with Gasteiger partial charge < -0.3 is 15.2 Å². The zero-order valence-corrected chi connectivity index (χ0v) is 18.9. The number of benzene rings is 2. The second-order valence-electron chi connectivity index (χ2n) is 8.56. The molecule has 0 spiro atoms. The zero-order chi connectivity index (χ0) is 22.4. The molecule has 0 aliphatic carbocycles. The molecule has 3 rings (SSSR count). The summed E-state index contributed by atoms with van der Waals surface area (Å²) >= 11 is 0. The number of rotatable bonds is 8. The van der Waals surface area contributed by atoms with Crippen molar-refractivity contribution in [3.63, 3.8) is 0 Å². The number of urea groups is 1. The minimum Gasteiger partial charge on any atom is -0.361 e. The summed E-state index contributed by atoms with van der Waals surface area (Å²) in [6.07, 6.45) is 3.05. The Bertz CT molecular complexity index is 1050. The molecule has 5 heteroatoms. The van der Waals surface area contributed by atoms with E-state index in [1.165, 1.54) is 10.9 Å². The smallest absolute Gasteiger partial charge is 0.321 e. The largest absolute Gasteiger partial charge is 0.361 e. The second kappa shape index (κ2) is 10.2. The van der Waals surface area contributed by atoms with E-state index in [-0.39, 0.29) is 6.03 Å². The molecule has 5 nitrogen and oxygen atoms in total. The maximum Gasteiger partial charge on any atom is 0.321 e. The highest BCUT2D eigenvalue weighted by molar-refractivity contribution is 5.91. The van der Waals surface area contributed by atoms with Crippen molar-refractivity contribution in [3.05, 3.63) is 65.4 Å². The van der Waals surface area contributed by atoms with Crippen LogP contribution in [0, 0.1) is 11.3 Å². The minimum atomic E-state index is -0.148. The molecule has 0 radical (unpaired) electrons. The van der Waals surface area contributed by atoms with Crippen LogP contribution < -0.4 is 5.32 Å². The fourth-order valence-electron chi connectivity index (χ4n) is 3.98. The standard InChI is InChI=1S/C26H32N4O/c1-18(2)21-10-7-11-22(19(3)4)25(21)29-26(31)30(15-8-14-27)16-13-20-17-28-24-12-6-5-9-23(20)24/h5-7,9-12,17-19,28H,8,13,15-16H2,1-4H3,(H,29,31). The number of carbonyl (C=O) groups excluding carboxylic acids is 1. The highest BCUT2D eigenvalue weighted by Gasteiger charge is 2.20. The van der Waals surface area contributed by atoms with Crippen LogP contribution in [0.2, 0.25) is 0 Å². The lowest BCUT2D eigenvalue weighted by Gasteiger charge is -2.25. The van der Waals surface area contributed by atoms with E-state index in [9.17, 15) is 4.79 Å². The summed E-state index contributed by atoms with van der Waals surface area (Å²) in [5.74, 6) is 0.598. The molecule has 0 aliphatic heterocycles. The molecule has 1 heterocycles. The number of fused-ring (bicyclic) bond motifs is 1. The topological polar surface area (TPSA) is 71.9 Å². The van der Waals surface area contributed by atoms with Gasteiger partial charge in [-0.2, -0.15) is 5.26 Å². The average molecular weight is 417 g/mol. The van der Waals surface area contributed by atoms with Crippen LogP contribution in [0.15, 0.2) is 48.7 Å². The second-order valence-corrected chi connectivity index (χ2v) is 8.56. The molecule has 0 saturated heterocycles. The van der Waals surface area contributed by atoms with E-state index in [1.54, 1.807) is 4.90 Å². The summed E-state index contributed by atoms with van der Waals surface area (Å²) in [5.41, 5.74) is 5.45. The molecule has 1 aromatic heterocycles. The molecule has 0 bridgehead atoms. The SMILES string of the molecule is CC(C)c1cccc(C(C)C)c1NC(=O)N(CCC#N)CCc1c[nH]c2ccccc12. The van der Waals surface area contributed by atoms with Gasteiger partial charge in [0.1, 0.15) is 0 Å². The number of aromatic nitrogens is 1. The summed E-state index contributed by atoms with van der Waals surface area (Å²) in [5, 5.41) is 13.5. The Balaban J connectivity index is 1.81. The number of nitrogens with one attached hydrogen (secondary N) is 2. The zero-order valence-electron chi connectivity index (χ0n) is 18.9. The molecule has 31 heavy (non-hydrogen) atoms.